The Bertz CT molecular complexity index is 2260. The van der Waals surface area contributed by atoms with E-state index in [1.165, 1.54) is 18.5 Å². The Morgan fingerprint density at radius 2 is 1.56 bits per heavy atom. The fourth-order valence-corrected chi connectivity index (χ4v) is 7.28. The highest BCUT2D eigenvalue weighted by Gasteiger charge is 2.54. The number of benzene rings is 3. The number of nitrogens with zero attached hydrogens (tertiary/aromatic N) is 4. The molecule has 0 spiro atoms. The maximum atomic E-state index is 14.2. The van der Waals surface area contributed by atoms with E-state index in [4.69, 9.17) is 9.72 Å². The van der Waals surface area contributed by atoms with E-state index in [1.807, 2.05) is 42.5 Å². The maximum Gasteiger partial charge on any atom is 0.412 e. The third-order valence-corrected chi connectivity index (χ3v) is 9.59. The van der Waals surface area contributed by atoms with Crippen molar-refractivity contribution in [3.05, 3.63) is 119 Å². The summed E-state index contributed by atoms with van der Waals surface area (Å²) < 4.78 is 94.8. The number of aromatic nitrogens is 4. The molecule has 0 aliphatic heterocycles. The number of hydrogen-bond acceptors (Lipinski definition) is 3. The molecule has 258 valence electrons. The quantitative estimate of drug-likeness (QED) is 0.129. The molecule has 2 atom stereocenters. The summed E-state index contributed by atoms with van der Waals surface area (Å²) in [6.07, 6.45) is -7.75. The van der Waals surface area contributed by atoms with Crippen LogP contribution in [0.1, 0.15) is 61.0 Å². The topological polar surface area (TPSA) is 44.9 Å². The van der Waals surface area contributed by atoms with Crippen LogP contribution in [0.2, 0.25) is 0 Å². The van der Waals surface area contributed by atoms with Gasteiger partial charge in [-0.2, -0.15) is 31.4 Å². The lowest BCUT2D eigenvalue weighted by molar-refractivity contribution is -0.187. The van der Waals surface area contributed by atoms with E-state index in [2.05, 4.69) is 35.6 Å². The van der Waals surface area contributed by atoms with E-state index in [1.54, 1.807) is 30.5 Å². The van der Waals surface area contributed by atoms with Gasteiger partial charge >= 0.3 is 12.4 Å². The maximum absolute atomic E-state index is 14.2. The zero-order valence-corrected chi connectivity index (χ0v) is 27.8. The summed E-state index contributed by atoms with van der Waals surface area (Å²) in [4.78, 5) is 4.69. The molecule has 0 bridgehead atoms. The zero-order valence-electron chi connectivity index (χ0n) is 27.8. The lowest BCUT2D eigenvalue weighted by Gasteiger charge is -2.35. The molecule has 1 aliphatic rings. The number of pyridine rings is 1. The van der Waals surface area contributed by atoms with E-state index in [0.29, 0.717) is 23.1 Å². The number of para-hydroxylation sites is 1. The zero-order chi connectivity index (χ0) is 35.5. The molecule has 0 N–H and O–H groups in total. The first-order valence-electron chi connectivity index (χ1n) is 16.4. The minimum Gasteiger partial charge on any atom is -0.457 e. The van der Waals surface area contributed by atoms with Crippen molar-refractivity contribution in [2.45, 2.75) is 64.7 Å². The van der Waals surface area contributed by atoms with Gasteiger partial charge in [-0.3, -0.25) is 4.57 Å². The molecule has 3 aromatic heterocycles. The smallest absolute Gasteiger partial charge is 0.412 e. The lowest BCUT2D eigenvalue weighted by Crippen LogP contribution is -2.36. The van der Waals surface area contributed by atoms with Gasteiger partial charge in [0.25, 0.3) is 0 Å². The summed E-state index contributed by atoms with van der Waals surface area (Å²) in [7, 11) is 0. The van der Waals surface area contributed by atoms with Crippen molar-refractivity contribution < 1.29 is 31.1 Å². The minimum absolute atomic E-state index is 0.0599. The summed E-state index contributed by atoms with van der Waals surface area (Å²) in [6.45, 7) is 7.22. The van der Waals surface area contributed by atoms with Crippen LogP contribution in [0.5, 0.6) is 11.5 Å². The molecule has 50 heavy (non-hydrogen) atoms. The van der Waals surface area contributed by atoms with Gasteiger partial charge in [0.05, 0.1) is 28.3 Å². The van der Waals surface area contributed by atoms with Crippen molar-refractivity contribution in [3.63, 3.8) is 0 Å². The second-order valence-corrected chi connectivity index (χ2v) is 13.1. The van der Waals surface area contributed by atoms with Crippen LogP contribution in [0.25, 0.3) is 33.3 Å². The van der Waals surface area contributed by atoms with E-state index >= 15 is 0 Å². The Morgan fingerprint density at radius 1 is 0.820 bits per heavy atom. The highest BCUT2D eigenvalue weighted by atomic mass is 19.4. The highest BCUT2D eigenvalue weighted by Crippen LogP contribution is 2.53. The number of aryl methyl sites for hydroxylation is 1. The standard InChI is InChI=1S/C39H34F6N4O/c1-22(2)25-17-18-46-35(19-25)48-33-14-6-5-11-29(33)30-16-15-28(21-34(30)48)50-27-10-7-9-26(20-27)49-24(4)36(23(3)47-49)37-31(38(40,41)42)12-8-13-32(37)39(43,44)45/h5-7,9-12,14-22,32,37H,8,13H2,1-4H3/t32-,37+/m0/s1. The molecule has 0 saturated heterocycles. The Kier molecular flexibility index (Phi) is 8.27. The van der Waals surface area contributed by atoms with E-state index < -0.39 is 36.2 Å². The van der Waals surface area contributed by atoms with Gasteiger partial charge in [0, 0.05) is 51.9 Å². The normalized spacial score (nSPS) is 17.1. The largest absolute Gasteiger partial charge is 0.457 e. The number of hydrogen-bond donors (Lipinski definition) is 0. The Morgan fingerprint density at radius 3 is 2.30 bits per heavy atom. The summed E-state index contributed by atoms with van der Waals surface area (Å²) in [5.41, 5.74) is 2.55. The van der Waals surface area contributed by atoms with E-state index in [-0.39, 0.29) is 23.4 Å². The van der Waals surface area contributed by atoms with Crippen LogP contribution < -0.4 is 4.74 Å². The molecule has 3 heterocycles. The van der Waals surface area contributed by atoms with Crippen molar-refractivity contribution in [1.82, 2.24) is 19.3 Å². The number of halogens is 6. The number of fused-ring (bicyclic) bond motifs is 3. The summed E-state index contributed by atoms with van der Waals surface area (Å²) in [5.74, 6) is -2.06. The SMILES string of the molecule is Cc1nn(-c2cccc(Oc3ccc4c5ccccc5n(-c5cc(C(C)C)ccn5)c4c3)c2)c(C)c1[C@@H]1C(C(F)(F)F)=CCC[C@@H]1C(F)(F)F. The number of alkyl halides is 6. The van der Waals surface area contributed by atoms with Crippen molar-refractivity contribution in [1.29, 1.82) is 0 Å². The average Bonchev–Trinajstić information content (AvgIpc) is 3.56. The van der Waals surface area contributed by atoms with Gasteiger partial charge in [-0.25, -0.2) is 9.67 Å². The summed E-state index contributed by atoms with van der Waals surface area (Å²) >= 11 is 0. The Labute approximate surface area is 284 Å². The molecule has 0 amide bonds. The molecule has 0 unspecified atom stereocenters. The second kappa shape index (κ2) is 12.4. The molecule has 7 rings (SSSR count). The van der Waals surface area contributed by atoms with Gasteiger partial charge in [0.2, 0.25) is 0 Å². The average molecular weight is 689 g/mol. The lowest BCUT2D eigenvalue weighted by atomic mass is 9.73. The van der Waals surface area contributed by atoms with Crippen LogP contribution >= 0.6 is 0 Å². The van der Waals surface area contributed by atoms with Crippen LogP contribution in [0, 0.1) is 19.8 Å². The molecule has 1 aliphatic carbocycles. The first-order chi connectivity index (χ1) is 23.7. The monoisotopic (exact) mass is 688 g/mol. The number of ether oxygens (including phenoxy) is 1. The van der Waals surface area contributed by atoms with Crippen molar-refractivity contribution in [2.75, 3.05) is 0 Å². The van der Waals surface area contributed by atoms with Crippen LogP contribution in [-0.2, 0) is 0 Å². The third kappa shape index (κ3) is 5.92. The van der Waals surface area contributed by atoms with Crippen molar-refractivity contribution in [2.24, 2.45) is 5.92 Å². The first kappa shape index (κ1) is 33.4. The van der Waals surface area contributed by atoms with Gasteiger partial charge < -0.3 is 4.74 Å². The predicted molar refractivity (Wildman–Crippen MR) is 181 cm³/mol. The Hall–Kier alpha value is -5.06. The van der Waals surface area contributed by atoms with Crippen LogP contribution in [0.4, 0.5) is 26.3 Å². The van der Waals surface area contributed by atoms with Gasteiger partial charge in [-0.1, -0.05) is 44.2 Å². The molecule has 6 aromatic rings. The van der Waals surface area contributed by atoms with Gasteiger partial charge in [0.1, 0.15) is 17.3 Å². The number of rotatable bonds is 6. The predicted octanol–water partition coefficient (Wildman–Crippen LogP) is 11.4. The molecule has 0 saturated carbocycles. The van der Waals surface area contributed by atoms with Gasteiger partial charge in [-0.05, 0) is 80.6 Å². The minimum atomic E-state index is -4.91. The van der Waals surface area contributed by atoms with Crippen molar-refractivity contribution >= 4 is 21.8 Å². The van der Waals surface area contributed by atoms with E-state index in [9.17, 15) is 26.3 Å². The van der Waals surface area contributed by atoms with Crippen LogP contribution in [0.15, 0.2) is 96.7 Å². The fraction of sp³-hybridized carbons (Fsp3) is 0.282. The Balaban J connectivity index is 1.27. The summed E-state index contributed by atoms with van der Waals surface area (Å²) in [6, 6.07) is 24.7. The van der Waals surface area contributed by atoms with Crippen LogP contribution in [-0.4, -0.2) is 31.7 Å². The van der Waals surface area contributed by atoms with E-state index in [0.717, 1.165) is 39.3 Å². The van der Waals surface area contributed by atoms with Gasteiger partial charge in [0.15, 0.2) is 0 Å². The van der Waals surface area contributed by atoms with Crippen LogP contribution in [0.3, 0.4) is 0 Å². The highest BCUT2D eigenvalue weighted by molar-refractivity contribution is 6.09. The van der Waals surface area contributed by atoms with Crippen molar-refractivity contribution in [3.8, 4) is 23.0 Å². The fourth-order valence-electron chi connectivity index (χ4n) is 7.28. The van der Waals surface area contributed by atoms with Gasteiger partial charge in [-0.15, -0.1) is 0 Å². The molecule has 0 fully saturated rings. The number of allylic oxidation sites excluding steroid dienone is 2. The molecular formula is C39H34F6N4O. The molecule has 11 heteroatoms. The molecule has 5 nitrogen and oxygen atoms in total. The molecule has 0 radical (unpaired) electrons. The molecular weight excluding hydrogens is 654 g/mol. The molecule has 3 aromatic carbocycles. The summed E-state index contributed by atoms with van der Waals surface area (Å²) in [5, 5.41) is 6.53. The second-order valence-electron chi connectivity index (χ2n) is 13.1. The first-order valence-corrected chi connectivity index (χ1v) is 16.4. The third-order valence-electron chi connectivity index (χ3n) is 9.59.